The molecule has 31 heavy (non-hydrogen) atoms. The van der Waals surface area contributed by atoms with Crippen LogP contribution in [0.15, 0.2) is 65.7 Å². The summed E-state index contributed by atoms with van der Waals surface area (Å²) >= 11 is 6.36. The van der Waals surface area contributed by atoms with Crippen LogP contribution in [0.4, 0.5) is 5.82 Å². The minimum atomic E-state index is -3.58. The van der Waals surface area contributed by atoms with Crippen LogP contribution in [-0.4, -0.2) is 44.0 Å². The van der Waals surface area contributed by atoms with Crippen molar-refractivity contribution >= 4 is 46.4 Å². The Kier molecular flexibility index (Phi) is 6.00. The molecule has 2 N–H and O–H groups in total. The predicted octanol–water partition coefficient (Wildman–Crippen LogP) is 2.01. The Morgan fingerprint density at radius 2 is 1.84 bits per heavy atom. The van der Waals surface area contributed by atoms with Crippen molar-refractivity contribution < 1.29 is 8.42 Å². The molecule has 0 radical (unpaired) electrons. The van der Waals surface area contributed by atoms with E-state index in [2.05, 4.69) is 15.1 Å². The molecule has 0 saturated heterocycles. The molecule has 0 spiro atoms. The highest BCUT2D eigenvalue weighted by Crippen LogP contribution is 2.28. The molecule has 0 saturated carbocycles. The van der Waals surface area contributed by atoms with E-state index in [0.29, 0.717) is 34.3 Å². The second-order valence-electron chi connectivity index (χ2n) is 7.16. The number of aromatic nitrogens is 3. The number of hydrogen-bond donors (Lipinski definition) is 2. The van der Waals surface area contributed by atoms with Crippen molar-refractivity contribution in [3.8, 4) is 11.3 Å². The van der Waals surface area contributed by atoms with Gasteiger partial charge in [-0.3, -0.25) is 0 Å². The molecule has 0 fully saturated rings. The van der Waals surface area contributed by atoms with Crippen molar-refractivity contribution in [3.63, 3.8) is 0 Å². The number of fused-ring (bicyclic) bond motifs is 1. The maximum absolute atomic E-state index is 12.6. The van der Waals surface area contributed by atoms with Gasteiger partial charge < -0.3 is 5.32 Å². The van der Waals surface area contributed by atoms with Gasteiger partial charge in [-0.15, -0.1) is 0 Å². The lowest BCUT2D eigenvalue weighted by Crippen LogP contribution is -2.29. The zero-order valence-corrected chi connectivity index (χ0v) is 18.7. The van der Waals surface area contributed by atoms with E-state index in [4.69, 9.17) is 16.6 Å². The van der Waals surface area contributed by atoms with Crippen molar-refractivity contribution in [2.45, 2.75) is 11.8 Å². The lowest BCUT2D eigenvalue weighted by molar-refractivity contribution is 0.582. The van der Waals surface area contributed by atoms with Gasteiger partial charge in [-0.1, -0.05) is 48.0 Å². The third kappa shape index (κ3) is 4.44. The van der Waals surface area contributed by atoms with Crippen LogP contribution in [0.5, 0.6) is 0 Å². The van der Waals surface area contributed by atoms with Crippen LogP contribution in [0.2, 0.25) is 5.02 Å². The summed E-state index contributed by atoms with van der Waals surface area (Å²) < 4.78 is 29.5. The summed E-state index contributed by atoms with van der Waals surface area (Å²) in [6.07, 6.45) is 1.74. The van der Waals surface area contributed by atoms with E-state index in [1.54, 1.807) is 35.8 Å². The average Bonchev–Trinajstić information content (AvgIpc) is 3.12. The number of rotatable bonds is 7. The molecular weight excluding hydrogens is 433 g/mol. The first-order valence-corrected chi connectivity index (χ1v) is 11.6. The van der Waals surface area contributed by atoms with E-state index in [0.717, 1.165) is 11.0 Å². The minimum Gasteiger partial charge on any atom is -0.369 e. The van der Waals surface area contributed by atoms with E-state index in [1.807, 2.05) is 44.2 Å². The monoisotopic (exact) mass is 453 g/mol. The van der Waals surface area contributed by atoms with E-state index in [-0.39, 0.29) is 11.4 Å². The summed E-state index contributed by atoms with van der Waals surface area (Å²) in [5.74, 6) is 0.697. The van der Waals surface area contributed by atoms with Gasteiger partial charge in [-0.05, 0) is 30.1 Å². The van der Waals surface area contributed by atoms with Gasteiger partial charge in [0, 0.05) is 35.9 Å². The summed E-state index contributed by atoms with van der Waals surface area (Å²) in [5, 5.41) is 8.25. The lowest BCUT2D eigenvalue weighted by atomic mass is 10.0. The van der Waals surface area contributed by atoms with Crippen LogP contribution >= 0.6 is 11.6 Å². The van der Waals surface area contributed by atoms with Gasteiger partial charge in [0.15, 0.2) is 5.65 Å². The molecule has 2 aromatic carbocycles. The fraction of sp³-hybridized carbons (Fsp3) is 0.143. The average molecular weight is 454 g/mol. The Bertz CT molecular complexity index is 1360. The molecule has 0 unspecified atom stereocenters. The highest BCUT2D eigenvalue weighted by Gasteiger charge is 2.16. The number of hydrogen-bond acceptors (Lipinski definition) is 5. The molecular formula is C21H21BClN5O2S. The van der Waals surface area contributed by atoms with Crippen molar-refractivity contribution in [1.82, 2.24) is 19.3 Å². The van der Waals surface area contributed by atoms with Crippen molar-refractivity contribution in [2.24, 2.45) is 0 Å². The fourth-order valence-electron chi connectivity index (χ4n) is 3.32. The summed E-state index contributed by atoms with van der Waals surface area (Å²) in [4.78, 5) is 4.99. The van der Waals surface area contributed by atoms with Gasteiger partial charge in [-0.2, -0.15) is 9.61 Å². The first-order chi connectivity index (χ1) is 14.9. The van der Waals surface area contributed by atoms with Crippen molar-refractivity contribution in [1.29, 1.82) is 0 Å². The van der Waals surface area contributed by atoms with Crippen molar-refractivity contribution in [2.75, 3.05) is 18.4 Å². The maximum Gasteiger partial charge on any atom is 0.240 e. The molecule has 0 aliphatic rings. The van der Waals surface area contributed by atoms with Gasteiger partial charge in [-0.25, -0.2) is 18.1 Å². The van der Waals surface area contributed by atoms with E-state index < -0.39 is 10.0 Å². The zero-order valence-electron chi connectivity index (χ0n) is 17.1. The van der Waals surface area contributed by atoms with Gasteiger partial charge in [0.05, 0.1) is 10.6 Å². The van der Waals surface area contributed by atoms with Crippen LogP contribution < -0.4 is 15.5 Å². The third-order valence-corrected chi connectivity index (χ3v) is 6.86. The summed E-state index contributed by atoms with van der Waals surface area (Å²) in [6.45, 7) is 2.35. The molecule has 2 aromatic heterocycles. The van der Waals surface area contributed by atoms with E-state index >= 15 is 0 Å². The molecule has 0 aliphatic heterocycles. The summed E-state index contributed by atoms with van der Waals surface area (Å²) in [7, 11) is -1.65. The first kappa shape index (κ1) is 21.4. The highest BCUT2D eigenvalue weighted by molar-refractivity contribution is 7.89. The first-order valence-electron chi connectivity index (χ1n) is 9.76. The number of anilines is 1. The number of nitrogens with zero attached hydrogens (tertiary/aromatic N) is 3. The highest BCUT2D eigenvalue weighted by atomic mass is 35.5. The molecule has 2 heterocycles. The number of aryl methyl sites for hydroxylation is 1. The molecule has 0 bridgehead atoms. The largest absolute Gasteiger partial charge is 0.369 e. The van der Waals surface area contributed by atoms with Crippen LogP contribution in [-0.2, 0) is 10.0 Å². The normalized spacial score (nSPS) is 11.7. The number of sulfonamides is 1. The Balaban J connectivity index is 1.55. The second-order valence-corrected chi connectivity index (χ2v) is 9.30. The molecule has 0 atom stereocenters. The molecule has 4 aromatic rings. The summed E-state index contributed by atoms with van der Waals surface area (Å²) in [5.41, 5.74) is 3.87. The Morgan fingerprint density at radius 3 is 2.61 bits per heavy atom. The molecule has 158 valence electrons. The maximum atomic E-state index is 12.6. The molecule has 4 rings (SSSR count). The van der Waals surface area contributed by atoms with Crippen LogP contribution in [0.1, 0.15) is 5.56 Å². The molecule has 0 aliphatic carbocycles. The quantitative estimate of drug-likeness (QED) is 0.330. The van der Waals surface area contributed by atoms with Crippen molar-refractivity contribution in [3.05, 3.63) is 71.4 Å². The van der Waals surface area contributed by atoms with Gasteiger partial charge in [0.2, 0.25) is 10.0 Å². The van der Waals surface area contributed by atoms with Crippen LogP contribution in [0, 0.1) is 6.92 Å². The zero-order chi connectivity index (χ0) is 22.0. The topological polar surface area (TPSA) is 88.4 Å². The number of benzene rings is 2. The standard InChI is InChI=1S/C21H21BClN5O2S/c1-14-6-2-5-9-19(14)31(29,30)26-11-10-24-20-12-18(15-7-3-4-8-17(15)23)27-21-16(22)13-25-28(20)21/h2-9,12-13,24,26H,10-11,22H2,1H3. The third-order valence-electron chi connectivity index (χ3n) is 4.90. The molecule has 7 nitrogen and oxygen atoms in total. The Hall–Kier alpha value is -2.88. The predicted molar refractivity (Wildman–Crippen MR) is 126 cm³/mol. The van der Waals surface area contributed by atoms with Gasteiger partial charge in [0.1, 0.15) is 13.7 Å². The fourth-order valence-corrected chi connectivity index (χ4v) is 4.83. The smallest absolute Gasteiger partial charge is 0.240 e. The SMILES string of the molecule is Bc1cnn2c(NCCNS(=O)(=O)c3ccccc3C)cc(-c3ccccc3Cl)nc12. The minimum absolute atomic E-state index is 0.210. The molecule has 10 heteroatoms. The van der Waals surface area contributed by atoms with E-state index in [9.17, 15) is 8.42 Å². The van der Waals surface area contributed by atoms with Crippen LogP contribution in [0.25, 0.3) is 16.9 Å². The number of nitrogens with one attached hydrogen (secondary N) is 2. The Morgan fingerprint density at radius 1 is 1.10 bits per heavy atom. The van der Waals surface area contributed by atoms with E-state index in [1.165, 1.54) is 0 Å². The second kappa shape index (κ2) is 8.70. The molecule has 0 amide bonds. The summed E-state index contributed by atoms with van der Waals surface area (Å²) in [6, 6.07) is 16.3. The van der Waals surface area contributed by atoms with Gasteiger partial charge >= 0.3 is 0 Å². The van der Waals surface area contributed by atoms with Crippen LogP contribution in [0.3, 0.4) is 0 Å². The number of halogens is 1. The Labute approximate surface area is 186 Å². The van der Waals surface area contributed by atoms with Gasteiger partial charge in [0.25, 0.3) is 0 Å². The lowest BCUT2D eigenvalue weighted by Gasteiger charge is -2.13.